The zero-order valence-electron chi connectivity index (χ0n) is 16.6. The van der Waals surface area contributed by atoms with Crippen LogP contribution >= 0.6 is 11.6 Å². The highest BCUT2D eigenvalue weighted by Crippen LogP contribution is 2.31. The summed E-state index contributed by atoms with van der Waals surface area (Å²) in [5.74, 6) is -1.94. The minimum absolute atomic E-state index is 0.00749. The second kappa shape index (κ2) is 9.73. The summed E-state index contributed by atoms with van der Waals surface area (Å²) in [5, 5.41) is 7.05. The van der Waals surface area contributed by atoms with Gasteiger partial charge in [-0.05, 0) is 19.1 Å². The van der Waals surface area contributed by atoms with Crippen molar-refractivity contribution >= 4 is 35.3 Å². The molecule has 1 atom stereocenters. The summed E-state index contributed by atoms with van der Waals surface area (Å²) in [5.41, 5.74) is 0.811. The van der Waals surface area contributed by atoms with Gasteiger partial charge in [-0.3, -0.25) is 14.9 Å². The summed E-state index contributed by atoms with van der Waals surface area (Å²) in [7, 11) is 1.55. The third-order valence-electron chi connectivity index (χ3n) is 4.68. The van der Waals surface area contributed by atoms with Crippen molar-refractivity contribution in [2.24, 2.45) is 5.92 Å². The average Bonchev–Trinajstić information content (AvgIpc) is 3.30. The van der Waals surface area contributed by atoms with Crippen LogP contribution in [0.15, 0.2) is 28.8 Å². The number of methoxy groups -OCH3 is 1. The second-order valence-electron chi connectivity index (χ2n) is 6.69. The van der Waals surface area contributed by atoms with Gasteiger partial charge in [-0.25, -0.2) is 4.79 Å². The average molecular weight is 436 g/mol. The molecular weight excluding hydrogens is 414 g/mol. The topological polar surface area (TPSA) is 111 Å². The molecule has 1 fully saturated rings. The zero-order valence-corrected chi connectivity index (χ0v) is 17.4. The Kier molecular flexibility index (Phi) is 7.07. The van der Waals surface area contributed by atoms with E-state index in [0.29, 0.717) is 23.7 Å². The highest BCUT2D eigenvalue weighted by Gasteiger charge is 2.36. The lowest BCUT2D eigenvalue weighted by molar-refractivity contribution is -0.128. The van der Waals surface area contributed by atoms with E-state index in [0.717, 1.165) is 0 Å². The van der Waals surface area contributed by atoms with Crippen LogP contribution in [0.1, 0.15) is 23.7 Å². The zero-order chi connectivity index (χ0) is 21.7. The Morgan fingerprint density at radius 2 is 2.07 bits per heavy atom. The number of likely N-dealkylation sites (tertiary alicyclic amines) is 1. The molecule has 1 unspecified atom stereocenters. The SMILES string of the molecule is CCOC(=O)c1c(-c2ccc(Cl)cc2)noc1NC(=O)C1CC(=O)N(CCOC)C1. The molecule has 1 N–H and O–H groups in total. The van der Waals surface area contributed by atoms with Crippen LogP contribution < -0.4 is 5.32 Å². The maximum Gasteiger partial charge on any atom is 0.346 e. The first-order valence-electron chi connectivity index (χ1n) is 9.44. The van der Waals surface area contributed by atoms with Crippen molar-refractivity contribution in [2.75, 3.05) is 38.7 Å². The van der Waals surface area contributed by atoms with Crippen LogP contribution in [-0.4, -0.2) is 61.3 Å². The number of nitrogens with zero attached hydrogens (tertiary/aromatic N) is 2. The van der Waals surface area contributed by atoms with Crippen LogP contribution in [0.3, 0.4) is 0 Å². The van der Waals surface area contributed by atoms with E-state index in [2.05, 4.69) is 10.5 Å². The van der Waals surface area contributed by atoms with Gasteiger partial charge < -0.3 is 18.9 Å². The Bertz CT molecular complexity index is 927. The number of halogens is 1. The van der Waals surface area contributed by atoms with E-state index < -0.39 is 17.8 Å². The number of esters is 1. The fourth-order valence-corrected chi connectivity index (χ4v) is 3.28. The lowest BCUT2D eigenvalue weighted by atomic mass is 10.1. The molecule has 10 heteroatoms. The molecule has 30 heavy (non-hydrogen) atoms. The first-order chi connectivity index (χ1) is 14.4. The smallest absolute Gasteiger partial charge is 0.346 e. The van der Waals surface area contributed by atoms with E-state index in [-0.39, 0.29) is 42.6 Å². The number of anilines is 1. The number of benzene rings is 1. The van der Waals surface area contributed by atoms with Gasteiger partial charge in [-0.1, -0.05) is 28.9 Å². The van der Waals surface area contributed by atoms with E-state index in [9.17, 15) is 14.4 Å². The van der Waals surface area contributed by atoms with E-state index in [4.69, 9.17) is 25.6 Å². The number of hydrogen-bond donors (Lipinski definition) is 1. The van der Waals surface area contributed by atoms with Crippen molar-refractivity contribution in [3.05, 3.63) is 34.9 Å². The van der Waals surface area contributed by atoms with E-state index in [1.807, 2.05) is 0 Å². The normalized spacial score (nSPS) is 16.0. The van der Waals surface area contributed by atoms with Crippen molar-refractivity contribution in [1.29, 1.82) is 0 Å². The van der Waals surface area contributed by atoms with Gasteiger partial charge in [-0.15, -0.1) is 0 Å². The predicted molar refractivity (Wildman–Crippen MR) is 108 cm³/mol. The molecule has 0 spiro atoms. The molecule has 2 amide bonds. The first kappa shape index (κ1) is 21.8. The molecule has 1 aromatic carbocycles. The number of ether oxygens (including phenoxy) is 2. The first-order valence-corrected chi connectivity index (χ1v) is 9.82. The van der Waals surface area contributed by atoms with Crippen LogP contribution in [-0.2, 0) is 19.1 Å². The molecule has 160 valence electrons. The van der Waals surface area contributed by atoms with Crippen LogP contribution in [0, 0.1) is 5.92 Å². The molecular formula is C20H22ClN3O6. The molecule has 1 saturated heterocycles. The summed E-state index contributed by atoms with van der Waals surface area (Å²) in [6, 6.07) is 6.66. The minimum Gasteiger partial charge on any atom is -0.462 e. The Labute approximate surface area is 178 Å². The van der Waals surface area contributed by atoms with Gasteiger partial charge in [0.2, 0.25) is 17.7 Å². The number of carbonyl (C=O) groups is 3. The van der Waals surface area contributed by atoms with Gasteiger partial charge in [0, 0.05) is 37.2 Å². The summed E-state index contributed by atoms with van der Waals surface area (Å²) in [6.07, 6.45) is 0.0719. The van der Waals surface area contributed by atoms with Crippen molar-refractivity contribution in [2.45, 2.75) is 13.3 Å². The van der Waals surface area contributed by atoms with Crippen molar-refractivity contribution < 1.29 is 28.4 Å². The lowest BCUT2D eigenvalue weighted by Gasteiger charge is -2.15. The highest BCUT2D eigenvalue weighted by atomic mass is 35.5. The molecule has 0 bridgehead atoms. The predicted octanol–water partition coefficient (Wildman–Crippen LogP) is 2.61. The van der Waals surface area contributed by atoms with Crippen LogP contribution in [0.25, 0.3) is 11.3 Å². The molecule has 2 heterocycles. The second-order valence-corrected chi connectivity index (χ2v) is 7.12. The van der Waals surface area contributed by atoms with Gasteiger partial charge in [0.1, 0.15) is 5.69 Å². The molecule has 0 aliphatic carbocycles. The van der Waals surface area contributed by atoms with E-state index >= 15 is 0 Å². The fourth-order valence-electron chi connectivity index (χ4n) is 3.15. The molecule has 1 aliphatic rings. The summed E-state index contributed by atoms with van der Waals surface area (Å²) >= 11 is 5.92. The van der Waals surface area contributed by atoms with E-state index in [1.165, 1.54) is 0 Å². The number of aromatic nitrogens is 1. The lowest BCUT2D eigenvalue weighted by Crippen LogP contribution is -2.31. The molecule has 0 saturated carbocycles. The standard InChI is InChI=1S/C20H22ClN3O6/c1-3-29-20(27)16-17(12-4-6-14(21)7-5-12)23-30-19(16)22-18(26)13-10-15(25)24(11-13)8-9-28-2/h4-7,13H,3,8-11H2,1-2H3,(H,22,26). The number of nitrogens with one attached hydrogen (secondary N) is 1. The van der Waals surface area contributed by atoms with Gasteiger partial charge in [-0.2, -0.15) is 0 Å². The molecule has 3 rings (SSSR count). The third kappa shape index (κ3) is 4.80. The van der Waals surface area contributed by atoms with Crippen LogP contribution in [0.2, 0.25) is 5.02 Å². The fraction of sp³-hybridized carbons (Fsp3) is 0.400. The number of hydrogen-bond acceptors (Lipinski definition) is 7. The maximum absolute atomic E-state index is 12.7. The Morgan fingerprint density at radius 3 is 2.73 bits per heavy atom. The van der Waals surface area contributed by atoms with Crippen molar-refractivity contribution in [3.8, 4) is 11.3 Å². The number of amides is 2. The quantitative estimate of drug-likeness (QED) is 0.634. The van der Waals surface area contributed by atoms with Crippen LogP contribution in [0.5, 0.6) is 0 Å². The summed E-state index contributed by atoms with van der Waals surface area (Å²) in [4.78, 5) is 38.9. The molecule has 9 nitrogen and oxygen atoms in total. The Balaban J connectivity index is 1.82. The maximum atomic E-state index is 12.7. The monoisotopic (exact) mass is 435 g/mol. The minimum atomic E-state index is -0.678. The molecule has 1 aliphatic heterocycles. The van der Waals surface area contributed by atoms with Crippen molar-refractivity contribution in [3.63, 3.8) is 0 Å². The Morgan fingerprint density at radius 1 is 1.33 bits per heavy atom. The molecule has 1 aromatic heterocycles. The van der Waals surface area contributed by atoms with Gasteiger partial charge in [0.05, 0.1) is 19.1 Å². The van der Waals surface area contributed by atoms with Gasteiger partial charge in [0.15, 0.2) is 5.56 Å². The highest BCUT2D eigenvalue weighted by molar-refractivity contribution is 6.30. The van der Waals surface area contributed by atoms with Crippen molar-refractivity contribution in [1.82, 2.24) is 10.1 Å². The summed E-state index contributed by atoms with van der Waals surface area (Å²) in [6.45, 7) is 2.88. The molecule has 2 aromatic rings. The van der Waals surface area contributed by atoms with Crippen LogP contribution in [0.4, 0.5) is 5.88 Å². The van der Waals surface area contributed by atoms with Gasteiger partial charge >= 0.3 is 5.97 Å². The summed E-state index contributed by atoms with van der Waals surface area (Å²) < 4.78 is 15.4. The molecule has 0 radical (unpaired) electrons. The largest absolute Gasteiger partial charge is 0.462 e. The Hall–Kier alpha value is -2.91. The number of rotatable bonds is 8. The van der Waals surface area contributed by atoms with E-state index in [1.54, 1.807) is 43.2 Å². The third-order valence-corrected chi connectivity index (χ3v) is 4.93. The van der Waals surface area contributed by atoms with Gasteiger partial charge in [0.25, 0.3) is 0 Å². The number of carbonyl (C=O) groups excluding carboxylic acids is 3.